The molecule has 3 fully saturated rings. The second-order valence-electron chi connectivity index (χ2n) is 6.51. The van der Waals surface area contributed by atoms with E-state index in [1.807, 2.05) is 0 Å². The number of hydrogen-bond acceptors (Lipinski definition) is 4. The van der Waals surface area contributed by atoms with Gasteiger partial charge in [0.25, 0.3) is 0 Å². The molecule has 3 aliphatic heterocycles. The van der Waals surface area contributed by atoms with Gasteiger partial charge in [0.05, 0.1) is 5.75 Å². The van der Waals surface area contributed by atoms with E-state index in [0.717, 1.165) is 45.3 Å². The first-order chi connectivity index (χ1) is 9.64. The lowest BCUT2D eigenvalue weighted by Gasteiger charge is -2.24. The fourth-order valence-electron chi connectivity index (χ4n) is 3.98. The molecule has 116 valence electrons. The average molecular weight is 301 g/mol. The van der Waals surface area contributed by atoms with Gasteiger partial charge in [-0.15, -0.1) is 0 Å². The van der Waals surface area contributed by atoms with Crippen molar-refractivity contribution in [1.29, 1.82) is 0 Å². The van der Waals surface area contributed by atoms with Crippen LogP contribution in [0.3, 0.4) is 0 Å². The molecule has 0 saturated carbocycles. The Bertz CT molecular complexity index is 420. The molecular formula is C14H27N3O2S. The minimum atomic E-state index is -3.12. The van der Waals surface area contributed by atoms with Crippen molar-refractivity contribution in [3.63, 3.8) is 0 Å². The van der Waals surface area contributed by atoms with E-state index in [9.17, 15) is 8.42 Å². The standard InChI is InChI=1S/C14H27N3O2S/c18-20(19,11-7-12-4-1-2-8-15-12)16-13-6-10-17-9-3-5-14(13)17/h12-16H,1-11H2. The summed E-state index contributed by atoms with van der Waals surface area (Å²) in [7, 11) is -3.12. The number of rotatable bonds is 5. The van der Waals surface area contributed by atoms with Crippen molar-refractivity contribution >= 4 is 10.0 Å². The Hall–Kier alpha value is -0.170. The van der Waals surface area contributed by atoms with Crippen LogP contribution in [0.2, 0.25) is 0 Å². The predicted molar refractivity (Wildman–Crippen MR) is 80.2 cm³/mol. The minimum Gasteiger partial charge on any atom is -0.314 e. The summed E-state index contributed by atoms with van der Waals surface area (Å²) in [5, 5.41) is 3.42. The first-order valence-electron chi connectivity index (χ1n) is 8.11. The molecule has 0 aromatic heterocycles. The molecule has 0 aromatic rings. The van der Waals surface area contributed by atoms with Gasteiger partial charge in [0.15, 0.2) is 0 Å². The third kappa shape index (κ3) is 3.53. The zero-order valence-electron chi connectivity index (χ0n) is 12.2. The smallest absolute Gasteiger partial charge is 0.211 e. The van der Waals surface area contributed by atoms with Gasteiger partial charge in [-0.1, -0.05) is 6.42 Å². The van der Waals surface area contributed by atoms with Crippen molar-refractivity contribution in [2.24, 2.45) is 0 Å². The molecule has 3 heterocycles. The predicted octanol–water partition coefficient (Wildman–Crippen LogP) is 0.675. The van der Waals surface area contributed by atoms with Crippen LogP contribution in [0, 0.1) is 0 Å². The van der Waals surface area contributed by atoms with Crippen molar-refractivity contribution in [2.75, 3.05) is 25.4 Å². The normalized spacial score (nSPS) is 35.3. The largest absolute Gasteiger partial charge is 0.314 e. The topological polar surface area (TPSA) is 61.4 Å². The van der Waals surface area contributed by atoms with Gasteiger partial charge >= 0.3 is 0 Å². The first kappa shape index (κ1) is 14.8. The summed E-state index contributed by atoms with van der Waals surface area (Å²) in [6.07, 6.45) is 7.66. The highest BCUT2D eigenvalue weighted by Crippen LogP contribution is 2.28. The van der Waals surface area contributed by atoms with E-state index >= 15 is 0 Å². The quantitative estimate of drug-likeness (QED) is 0.784. The van der Waals surface area contributed by atoms with E-state index in [1.165, 1.54) is 19.3 Å². The van der Waals surface area contributed by atoms with Crippen LogP contribution in [-0.2, 0) is 10.0 Å². The molecule has 5 nitrogen and oxygen atoms in total. The SMILES string of the molecule is O=S(=O)(CCC1CCCCN1)NC1CCN2CCCC12. The Morgan fingerprint density at radius 1 is 1.10 bits per heavy atom. The monoisotopic (exact) mass is 301 g/mol. The van der Waals surface area contributed by atoms with Crippen molar-refractivity contribution in [3.05, 3.63) is 0 Å². The Morgan fingerprint density at radius 2 is 2.00 bits per heavy atom. The van der Waals surface area contributed by atoms with Crippen LogP contribution < -0.4 is 10.0 Å². The summed E-state index contributed by atoms with van der Waals surface area (Å²) in [4.78, 5) is 2.44. The van der Waals surface area contributed by atoms with Gasteiger partial charge in [-0.2, -0.15) is 0 Å². The molecule has 0 aliphatic carbocycles. The van der Waals surface area contributed by atoms with Crippen molar-refractivity contribution < 1.29 is 8.42 Å². The van der Waals surface area contributed by atoms with E-state index in [4.69, 9.17) is 0 Å². The number of sulfonamides is 1. The summed E-state index contributed by atoms with van der Waals surface area (Å²) < 4.78 is 27.5. The molecule has 3 unspecified atom stereocenters. The Morgan fingerprint density at radius 3 is 2.80 bits per heavy atom. The molecule has 6 heteroatoms. The fraction of sp³-hybridized carbons (Fsp3) is 1.00. The van der Waals surface area contributed by atoms with Gasteiger partial charge in [-0.3, -0.25) is 4.90 Å². The van der Waals surface area contributed by atoms with E-state index < -0.39 is 10.0 Å². The highest BCUT2D eigenvalue weighted by Gasteiger charge is 2.38. The molecule has 0 bridgehead atoms. The zero-order valence-corrected chi connectivity index (χ0v) is 13.0. The minimum absolute atomic E-state index is 0.154. The third-order valence-electron chi connectivity index (χ3n) is 5.08. The second-order valence-corrected chi connectivity index (χ2v) is 8.39. The van der Waals surface area contributed by atoms with Crippen LogP contribution in [-0.4, -0.2) is 56.8 Å². The van der Waals surface area contributed by atoms with Gasteiger partial charge < -0.3 is 5.32 Å². The highest BCUT2D eigenvalue weighted by molar-refractivity contribution is 7.89. The maximum Gasteiger partial charge on any atom is 0.211 e. The number of hydrogen-bond donors (Lipinski definition) is 2. The molecule has 0 aromatic carbocycles. The van der Waals surface area contributed by atoms with Crippen molar-refractivity contribution in [3.8, 4) is 0 Å². The maximum absolute atomic E-state index is 12.3. The molecule has 3 saturated heterocycles. The van der Waals surface area contributed by atoms with Crippen LogP contribution >= 0.6 is 0 Å². The lowest BCUT2D eigenvalue weighted by Crippen LogP contribution is -2.44. The molecular weight excluding hydrogens is 274 g/mol. The van der Waals surface area contributed by atoms with Gasteiger partial charge in [-0.05, 0) is 51.6 Å². The second kappa shape index (κ2) is 6.30. The number of fused-ring (bicyclic) bond motifs is 1. The molecule has 3 aliphatic rings. The van der Waals surface area contributed by atoms with Gasteiger partial charge in [-0.25, -0.2) is 13.1 Å². The van der Waals surface area contributed by atoms with Gasteiger partial charge in [0.1, 0.15) is 0 Å². The molecule has 3 atom stereocenters. The summed E-state index contributed by atoms with van der Waals surface area (Å²) in [6, 6.07) is 1.01. The lowest BCUT2D eigenvalue weighted by molar-refractivity contribution is 0.308. The average Bonchev–Trinajstić information content (AvgIpc) is 3.03. The van der Waals surface area contributed by atoms with Crippen molar-refractivity contribution in [1.82, 2.24) is 14.9 Å². The van der Waals surface area contributed by atoms with Crippen LogP contribution in [0.25, 0.3) is 0 Å². The van der Waals surface area contributed by atoms with E-state index in [2.05, 4.69) is 14.9 Å². The zero-order chi connectivity index (χ0) is 14.0. The maximum atomic E-state index is 12.3. The third-order valence-corrected chi connectivity index (χ3v) is 6.52. The van der Waals surface area contributed by atoms with E-state index in [0.29, 0.717) is 12.1 Å². The number of nitrogens with one attached hydrogen (secondary N) is 2. The molecule has 3 rings (SSSR count). The molecule has 2 N–H and O–H groups in total. The summed E-state index contributed by atoms with van der Waals surface area (Å²) in [6.45, 7) is 3.24. The molecule has 0 amide bonds. The summed E-state index contributed by atoms with van der Waals surface area (Å²) in [5.41, 5.74) is 0. The number of piperidine rings is 1. The van der Waals surface area contributed by atoms with Crippen LogP contribution in [0.1, 0.15) is 44.9 Å². The summed E-state index contributed by atoms with van der Waals surface area (Å²) >= 11 is 0. The van der Waals surface area contributed by atoms with Crippen LogP contribution in [0.5, 0.6) is 0 Å². The molecule has 20 heavy (non-hydrogen) atoms. The Labute approximate surface area is 122 Å². The molecule has 0 spiro atoms. The first-order valence-corrected chi connectivity index (χ1v) is 9.77. The van der Waals surface area contributed by atoms with Gasteiger partial charge in [0, 0.05) is 24.7 Å². The van der Waals surface area contributed by atoms with Crippen LogP contribution in [0.15, 0.2) is 0 Å². The Kier molecular flexibility index (Phi) is 4.65. The lowest BCUT2D eigenvalue weighted by atomic mass is 10.0. The van der Waals surface area contributed by atoms with Gasteiger partial charge in [0.2, 0.25) is 10.0 Å². The van der Waals surface area contributed by atoms with Crippen LogP contribution in [0.4, 0.5) is 0 Å². The number of nitrogens with zero attached hydrogens (tertiary/aromatic N) is 1. The Balaban J connectivity index is 1.48. The van der Waals surface area contributed by atoms with Crippen molar-refractivity contribution in [2.45, 2.75) is 63.1 Å². The molecule has 0 radical (unpaired) electrons. The highest BCUT2D eigenvalue weighted by atomic mass is 32.2. The van der Waals surface area contributed by atoms with E-state index in [-0.39, 0.29) is 11.8 Å². The van der Waals surface area contributed by atoms with E-state index in [1.54, 1.807) is 0 Å². The summed E-state index contributed by atoms with van der Waals surface area (Å²) in [5.74, 6) is 0.272. The fourth-order valence-corrected chi connectivity index (χ4v) is 5.43.